The van der Waals surface area contributed by atoms with Gasteiger partial charge in [-0.15, -0.1) is 0 Å². The zero-order valence-electron chi connectivity index (χ0n) is 19.3. The highest BCUT2D eigenvalue weighted by Crippen LogP contribution is 2.29. The fourth-order valence-corrected chi connectivity index (χ4v) is 3.70. The number of methoxy groups -OCH3 is 2. The first-order valence-electron chi connectivity index (χ1n) is 10.7. The lowest BCUT2D eigenvalue weighted by Gasteiger charge is -2.24. The van der Waals surface area contributed by atoms with Gasteiger partial charge in [0, 0.05) is 18.7 Å². The molecule has 0 saturated heterocycles. The first kappa shape index (κ1) is 25.8. The molecule has 7 nitrogen and oxygen atoms in total. The van der Waals surface area contributed by atoms with Gasteiger partial charge in [-0.2, -0.15) is 0 Å². The third-order valence-corrected chi connectivity index (χ3v) is 5.63. The van der Waals surface area contributed by atoms with Crippen molar-refractivity contribution < 1.29 is 33.3 Å². The molecule has 184 valence electrons. The van der Waals surface area contributed by atoms with Crippen molar-refractivity contribution in [3.63, 3.8) is 0 Å². The summed E-state index contributed by atoms with van der Waals surface area (Å²) in [5.41, 5.74) is 1.07. The van der Waals surface area contributed by atoms with E-state index in [2.05, 4.69) is 0 Å². The number of carbonyl (C=O) groups excluding carboxylic acids is 1. The molecule has 35 heavy (non-hydrogen) atoms. The van der Waals surface area contributed by atoms with Gasteiger partial charge in [0.05, 0.1) is 19.2 Å². The van der Waals surface area contributed by atoms with Crippen molar-refractivity contribution in [2.45, 2.75) is 13.0 Å². The molecule has 0 atom stereocenters. The van der Waals surface area contributed by atoms with Gasteiger partial charge in [-0.25, -0.2) is 9.18 Å². The Labute approximate surface area is 207 Å². The lowest BCUT2D eigenvalue weighted by Crippen LogP contribution is -2.36. The summed E-state index contributed by atoms with van der Waals surface area (Å²) in [6.45, 7) is -0.207. The highest BCUT2D eigenvalue weighted by atomic mass is 35.5. The van der Waals surface area contributed by atoms with Gasteiger partial charge in [-0.3, -0.25) is 4.79 Å². The van der Waals surface area contributed by atoms with Crippen LogP contribution in [0.25, 0.3) is 0 Å². The van der Waals surface area contributed by atoms with Gasteiger partial charge in [0.15, 0.2) is 23.9 Å². The van der Waals surface area contributed by atoms with Gasteiger partial charge in [0.1, 0.15) is 11.4 Å². The predicted octanol–water partition coefficient (Wildman–Crippen LogP) is 4.84. The highest BCUT2D eigenvalue weighted by Gasteiger charge is 2.20. The number of benzene rings is 3. The third kappa shape index (κ3) is 6.64. The molecule has 0 unspecified atom stereocenters. The van der Waals surface area contributed by atoms with E-state index < -0.39 is 24.3 Å². The summed E-state index contributed by atoms with van der Waals surface area (Å²) in [7, 11) is 3.08. The summed E-state index contributed by atoms with van der Waals surface area (Å²) in [4.78, 5) is 26.1. The molecule has 3 aromatic carbocycles. The Bertz CT molecular complexity index is 1200. The van der Waals surface area contributed by atoms with Gasteiger partial charge in [-0.05, 0) is 42.3 Å². The minimum Gasteiger partial charge on any atom is -0.493 e. The molecule has 0 heterocycles. The smallest absolute Gasteiger partial charge is 0.339 e. The van der Waals surface area contributed by atoms with Crippen LogP contribution in [0, 0.1) is 5.82 Å². The fourth-order valence-electron chi connectivity index (χ4n) is 3.47. The largest absolute Gasteiger partial charge is 0.493 e. The number of nitrogens with zero attached hydrogens (tertiary/aromatic N) is 1. The number of carboxylic acid groups (broad SMARTS) is 1. The Morgan fingerprint density at radius 2 is 1.74 bits per heavy atom. The van der Waals surface area contributed by atoms with Crippen molar-refractivity contribution in [2.75, 3.05) is 27.4 Å². The fraction of sp³-hybridized carbons (Fsp3) is 0.231. The minimum atomic E-state index is -1.23. The standard InChI is InChI=1S/C26H25ClFNO6/c1-33-22-11-10-17(14-23(22)34-2)12-13-29(15-18-6-3-4-9-21(18)28)24(30)16-35-25-19(26(31)32)7-5-8-20(25)27/h3-11,14H,12-13,15-16H2,1-2H3,(H,31,32). The third-order valence-electron chi connectivity index (χ3n) is 5.33. The molecule has 0 spiro atoms. The molecule has 0 aliphatic carbocycles. The average Bonchev–Trinajstić information content (AvgIpc) is 2.86. The molecule has 0 aliphatic rings. The Morgan fingerprint density at radius 1 is 1.00 bits per heavy atom. The topological polar surface area (TPSA) is 85.3 Å². The maximum Gasteiger partial charge on any atom is 0.339 e. The van der Waals surface area contributed by atoms with Gasteiger partial charge < -0.3 is 24.2 Å². The molecule has 1 N–H and O–H groups in total. The van der Waals surface area contributed by atoms with E-state index in [9.17, 15) is 19.1 Å². The summed E-state index contributed by atoms with van der Waals surface area (Å²) < 4.78 is 30.4. The zero-order valence-corrected chi connectivity index (χ0v) is 20.0. The maximum atomic E-state index is 14.3. The molecule has 9 heteroatoms. The second-order valence-corrected chi connectivity index (χ2v) is 7.96. The van der Waals surface area contributed by atoms with E-state index in [0.717, 1.165) is 5.56 Å². The normalized spacial score (nSPS) is 10.5. The van der Waals surface area contributed by atoms with E-state index in [1.54, 1.807) is 31.4 Å². The summed E-state index contributed by atoms with van der Waals surface area (Å²) >= 11 is 6.10. The van der Waals surface area contributed by atoms with Crippen LogP contribution in [0.1, 0.15) is 21.5 Å². The van der Waals surface area contributed by atoms with E-state index in [4.69, 9.17) is 25.8 Å². The van der Waals surface area contributed by atoms with Gasteiger partial charge in [0.2, 0.25) is 0 Å². The molecule has 3 aromatic rings. The van der Waals surface area contributed by atoms with Gasteiger partial charge >= 0.3 is 5.97 Å². The van der Waals surface area contributed by atoms with Crippen molar-refractivity contribution >= 4 is 23.5 Å². The maximum absolute atomic E-state index is 14.3. The number of ether oxygens (including phenoxy) is 3. The Hall–Kier alpha value is -3.78. The number of halogens is 2. The Balaban J connectivity index is 1.79. The molecule has 0 aromatic heterocycles. The molecule has 0 aliphatic heterocycles. The van der Waals surface area contributed by atoms with E-state index in [1.165, 1.54) is 36.3 Å². The van der Waals surface area contributed by atoms with E-state index in [0.29, 0.717) is 23.5 Å². The van der Waals surface area contributed by atoms with E-state index in [1.807, 2.05) is 12.1 Å². The van der Waals surface area contributed by atoms with Gasteiger partial charge in [-0.1, -0.05) is 41.9 Å². The van der Waals surface area contributed by atoms with Crippen LogP contribution in [0.3, 0.4) is 0 Å². The summed E-state index contributed by atoms with van der Waals surface area (Å²) in [5.74, 6) is -1.08. The number of para-hydroxylation sites is 1. The first-order valence-corrected chi connectivity index (χ1v) is 11.1. The number of hydrogen-bond acceptors (Lipinski definition) is 5. The number of carboxylic acids is 1. The van der Waals surface area contributed by atoms with E-state index >= 15 is 0 Å². The van der Waals surface area contributed by atoms with Crippen LogP contribution >= 0.6 is 11.6 Å². The second kappa shape index (κ2) is 12.1. The minimum absolute atomic E-state index is 0.0104. The number of hydrogen-bond donors (Lipinski definition) is 1. The molecular formula is C26H25ClFNO6. The Kier molecular flexibility index (Phi) is 8.92. The van der Waals surface area contributed by atoms with Crippen molar-refractivity contribution in [1.82, 2.24) is 4.90 Å². The van der Waals surface area contributed by atoms with Crippen LogP contribution in [0.5, 0.6) is 17.2 Å². The average molecular weight is 502 g/mol. The molecule has 0 fully saturated rings. The van der Waals surface area contributed by atoms with Crippen LogP contribution in [-0.4, -0.2) is 49.3 Å². The van der Waals surface area contributed by atoms with Crippen LogP contribution < -0.4 is 14.2 Å². The van der Waals surface area contributed by atoms with Crippen LogP contribution in [0.4, 0.5) is 4.39 Å². The number of rotatable bonds is 11. The molecule has 3 rings (SSSR count). The number of aromatic carboxylic acids is 1. The van der Waals surface area contributed by atoms with Crippen LogP contribution in [0.15, 0.2) is 60.7 Å². The molecule has 0 saturated carbocycles. The quantitative estimate of drug-likeness (QED) is 0.404. The number of amides is 1. The molecule has 0 radical (unpaired) electrons. The molecule has 1 amide bonds. The van der Waals surface area contributed by atoms with Crippen LogP contribution in [-0.2, 0) is 17.8 Å². The van der Waals surface area contributed by atoms with Crippen molar-refractivity contribution in [3.8, 4) is 17.2 Å². The monoisotopic (exact) mass is 501 g/mol. The van der Waals surface area contributed by atoms with Crippen molar-refractivity contribution in [2.24, 2.45) is 0 Å². The SMILES string of the molecule is COc1ccc(CCN(Cc2ccccc2F)C(=O)COc2c(Cl)cccc2C(=O)O)cc1OC. The highest BCUT2D eigenvalue weighted by molar-refractivity contribution is 6.32. The number of carbonyl (C=O) groups is 2. The molecule has 0 bridgehead atoms. The first-order chi connectivity index (χ1) is 16.8. The van der Waals surface area contributed by atoms with Crippen LogP contribution in [0.2, 0.25) is 5.02 Å². The van der Waals surface area contributed by atoms with Crippen molar-refractivity contribution in [1.29, 1.82) is 0 Å². The lowest BCUT2D eigenvalue weighted by molar-refractivity contribution is -0.134. The Morgan fingerprint density at radius 3 is 2.43 bits per heavy atom. The summed E-state index contributed by atoms with van der Waals surface area (Å²) in [6, 6.07) is 15.9. The van der Waals surface area contributed by atoms with E-state index in [-0.39, 0.29) is 29.4 Å². The van der Waals surface area contributed by atoms with Gasteiger partial charge in [0.25, 0.3) is 5.91 Å². The lowest BCUT2D eigenvalue weighted by atomic mass is 10.1. The predicted molar refractivity (Wildman–Crippen MR) is 129 cm³/mol. The summed E-state index contributed by atoms with van der Waals surface area (Å²) in [6.07, 6.45) is 0.451. The second-order valence-electron chi connectivity index (χ2n) is 7.56. The molecular weight excluding hydrogens is 477 g/mol. The summed E-state index contributed by atoms with van der Waals surface area (Å²) in [5, 5.41) is 9.46. The van der Waals surface area contributed by atoms with Crippen molar-refractivity contribution in [3.05, 3.63) is 88.2 Å². The zero-order chi connectivity index (χ0) is 25.4.